The molecule has 0 saturated carbocycles. The Balaban J connectivity index is 2.69. The number of aliphatic hydroxyl groups is 1. The molecule has 0 spiro atoms. The molecule has 1 aromatic carbocycles. The maximum absolute atomic E-state index is 8.72. The van der Waals surface area contributed by atoms with Crippen molar-refractivity contribution >= 4 is 5.69 Å². The normalized spacial score (nSPS) is 12.8. The number of aliphatic hydroxyl groups excluding tert-OH is 1. The number of hydrogen-bond acceptors (Lipinski definition) is 3. The van der Waals surface area contributed by atoms with E-state index in [0.29, 0.717) is 6.42 Å². The Morgan fingerprint density at radius 2 is 2.00 bits per heavy atom. The summed E-state index contributed by atoms with van der Waals surface area (Å²) in [7, 11) is 0. The van der Waals surface area contributed by atoms with E-state index in [1.807, 2.05) is 24.3 Å². The minimum absolute atomic E-state index is 0.00562. The van der Waals surface area contributed by atoms with Gasteiger partial charge in [-0.2, -0.15) is 0 Å². The van der Waals surface area contributed by atoms with E-state index in [1.54, 1.807) is 0 Å². The van der Waals surface area contributed by atoms with Crippen molar-refractivity contribution < 1.29 is 5.11 Å². The fourth-order valence-corrected chi connectivity index (χ4v) is 1.07. The van der Waals surface area contributed by atoms with Gasteiger partial charge < -0.3 is 16.6 Å². The Morgan fingerprint density at radius 1 is 1.33 bits per heavy atom. The van der Waals surface area contributed by atoms with Gasteiger partial charge in [0.15, 0.2) is 0 Å². The summed E-state index contributed by atoms with van der Waals surface area (Å²) in [4.78, 5) is 0. The van der Waals surface area contributed by atoms with Gasteiger partial charge in [0.2, 0.25) is 0 Å². The van der Waals surface area contributed by atoms with Gasteiger partial charge in [-0.3, -0.25) is 0 Å². The van der Waals surface area contributed by atoms with E-state index in [4.69, 9.17) is 16.6 Å². The highest BCUT2D eigenvalue weighted by Gasteiger charge is 2.03. The van der Waals surface area contributed by atoms with Crippen LogP contribution in [0, 0.1) is 0 Å². The summed E-state index contributed by atoms with van der Waals surface area (Å²) in [5.74, 6) is 0. The predicted octanol–water partition coefficient (Wildman–Crippen LogP) is 0.131. The topological polar surface area (TPSA) is 72.3 Å². The molecule has 0 aliphatic heterocycles. The average Bonchev–Trinajstić information content (AvgIpc) is 2.09. The van der Waals surface area contributed by atoms with Crippen LogP contribution in [0.4, 0.5) is 5.69 Å². The molecular weight excluding hydrogens is 152 g/mol. The second-order valence-electron chi connectivity index (χ2n) is 2.85. The first kappa shape index (κ1) is 9.03. The van der Waals surface area contributed by atoms with Crippen LogP contribution in [0.3, 0.4) is 0 Å². The highest BCUT2D eigenvalue weighted by molar-refractivity contribution is 5.46. The summed E-state index contributed by atoms with van der Waals surface area (Å²) in [5, 5.41) is 8.72. The average molecular weight is 166 g/mol. The maximum Gasteiger partial charge on any atom is 0.0585 e. The maximum atomic E-state index is 8.72. The molecule has 0 heterocycles. The molecule has 0 aromatic heterocycles. The third-order valence-electron chi connectivity index (χ3n) is 1.77. The number of hydrogen-bond donors (Lipinski definition) is 3. The van der Waals surface area contributed by atoms with Crippen LogP contribution in [-0.2, 0) is 6.42 Å². The third kappa shape index (κ3) is 2.22. The molecule has 0 aliphatic carbocycles. The van der Waals surface area contributed by atoms with Gasteiger partial charge >= 0.3 is 0 Å². The Kier molecular flexibility index (Phi) is 3.08. The lowest BCUT2D eigenvalue weighted by Gasteiger charge is -2.09. The smallest absolute Gasteiger partial charge is 0.0585 e. The number of para-hydroxylation sites is 1. The lowest BCUT2D eigenvalue weighted by Crippen LogP contribution is -2.27. The number of benzene rings is 1. The van der Waals surface area contributed by atoms with Gasteiger partial charge in [0.1, 0.15) is 0 Å². The van der Waals surface area contributed by atoms with E-state index < -0.39 is 0 Å². The molecule has 0 fully saturated rings. The van der Waals surface area contributed by atoms with Crippen molar-refractivity contribution in [3.05, 3.63) is 29.8 Å². The number of rotatable bonds is 3. The predicted molar refractivity (Wildman–Crippen MR) is 49.6 cm³/mol. The number of anilines is 1. The van der Waals surface area contributed by atoms with Gasteiger partial charge in [-0.15, -0.1) is 0 Å². The van der Waals surface area contributed by atoms with Crippen LogP contribution < -0.4 is 11.5 Å². The van der Waals surface area contributed by atoms with Crippen molar-refractivity contribution in [2.45, 2.75) is 12.5 Å². The minimum atomic E-state index is -0.213. The van der Waals surface area contributed by atoms with Crippen molar-refractivity contribution in [2.75, 3.05) is 12.3 Å². The highest BCUT2D eigenvalue weighted by Crippen LogP contribution is 2.11. The standard InChI is InChI=1S/C9H14N2O/c10-8(6-12)5-7-3-1-2-4-9(7)11/h1-4,8,12H,5-6,10-11H2/t8-/m0/s1. The second kappa shape index (κ2) is 4.09. The monoisotopic (exact) mass is 166 g/mol. The molecule has 0 amide bonds. The molecule has 1 rings (SSSR count). The SMILES string of the molecule is Nc1ccccc1C[C@H](N)CO. The lowest BCUT2D eigenvalue weighted by molar-refractivity contribution is 0.265. The molecule has 3 nitrogen and oxygen atoms in total. The van der Waals surface area contributed by atoms with Gasteiger partial charge in [-0.05, 0) is 18.1 Å². The van der Waals surface area contributed by atoms with Gasteiger partial charge in [0.25, 0.3) is 0 Å². The summed E-state index contributed by atoms with van der Waals surface area (Å²) in [6.07, 6.45) is 0.628. The van der Waals surface area contributed by atoms with Crippen LogP contribution in [0.15, 0.2) is 24.3 Å². The van der Waals surface area contributed by atoms with Crippen LogP contribution in [0.25, 0.3) is 0 Å². The summed E-state index contributed by atoms with van der Waals surface area (Å²) >= 11 is 0. The van der Waals surface area contributed by atoms with Crippen LogP contribution in [-0.4, -0.2) is 17.8 Å². The Labute approximate surface area is 72.0 Å². The largest absolute Gasteiger partial charge is 0.399 e. The molecule has 1 aromatic rings. The first-order chi connectivity index (χ1) is 5.74. The van der Waals surface area contributed by atoms with E-state index in [1.165, 1.54) is 0 Å². The van der Waals surface area contributed by atoms with E-state index in [0.717, 1.165) is 11.3 Å². The zero-order valence-corrected chi connectivity index (χ0v) is 6.90. The summed E-state index contributed by atoms with van der Waals surface area (Å²) in [6, 6.07) is 7.33. The van der Waals surface area contributed by atoms with Crippen molar-refractivity contribution in [1.29, 1.82) is 0 Å². The fraction of sp³-hybridized carbons (Fsp3) is 0.333. The molecule has 12 heavy (non-hydrogen) atoms. The Morgan fingerprint density at radius 3 is 2.58 bits per heavy atom. The van der Waals surface area contributed by atoms with Crippen LogP contribution >= 0.6 is 0 Å². The molecule has 3 heteroatoms. The lowest BCUT2D eigenvalue weighted by atomic mass is 10.1. The second-order valence-corrected chi connectivity index (χ2v) is 2.85. The number of nitrogens with two attached hydrogens (primary N) is 2. The van der Waals surface area contributed by atoms with Gasteiger partial charge in [-0.25, -0.2) is 0 Å². The summed E-state index contributed by atoms with van der Waals surface area (Å²) in [6.45, 7) is -0.00562. The van der Waals surface area contributed by atoms with Crippen LogP contribution in [0.5, 0.6) is 0 Å². The zero-order chi connectivity index (χ0) is 8.97. The van der Waals surface area contributed by atoms with E-state index in [-0.39, 0.29) is 12.6 Å². The first-order valence-electron chi connectivity index (χ1n) is 3.94. The Bertz CT molecular complexity index is 250. The first-order valence-corrected chi connectivity index (χ1v) is 3.94. The van der Waals surface area contributed by atoms with Gasteiger partial charge in [0, 0.05) is 11.7 Å². The highest BCUT2D eigenvalue weighted by atomic mass is 16.3. The van der Waals surface area contributed by atoms with E-state index in [2.05, 4.69) is 0 Å². The molecule has 66 valence electrons. The van der Waals surface area contributed by atoms with Gasteiger partial charge in [0.05, 0.1) is 6.61 Å². The van der Waals surface area contributed by atoms with Crippen LogP contribution in [0.2, 0.25) is 0 Å². The molecular formula is C9H14N2O. The molecule has 0 radical (unpaired) electrons. The van der Waals surface area contributed by atoms with E-state index in [9.17, 15) is 0 Å². The zero-order valence-electron chi connectivity index (χ0n) is 6.90. The van der Waals surface area contributed by atoms with E-state index >= 15 is 0 Å². The van der Waals surface area contributed by atoms with Crippen LogP contribution in [0.1, 0.15) is 5.56 Å². The molecule has 5 N–H and O–H groups in total. The van der Waals surface area contributed by atoms with Crippen molar-refractivity contribution in [2.24, 2.45) is 5.73 Å². The molecule has 0 aliphatic rings. The third-order valence-corrected chi connectivity index (χ3v) is 1.77. The molecule has 0 unspecified atom stereocenters. The molecule has 0 saturated heterocycles. The quantitative estimate of drug-likeness (QED) is 0.559. The van der Waals surface area contributed by atoms with Crippen molar-refractivity contribution in [3.63, 3.8) is 0 Å². The van der Waals surface area contributed by atoms with Gasteiger partial charge in [-0.1, -0.05) is 18.2 Å². The summed E-state index contributed by atoms with van der Waals surface area (Å²) < 4.78 is 0. The Hall–Kier alpha value is -1.06. The van der Waals surface area contributed by atoms with Crippen molar-refractivity contribution in [3.8, 4) is 0 Å². The molecule has 0 bridgehead atoms. The minimum Gasteiger partial charge on any atom is -0.399 e. The summed E-state index contributed by atoms with van der Waals surface area (Å²) in [5.41, 5.74) is 13.0. The van der Waals surface area contributed by atoms with Crippen molar-refractivity contribution in [1.82, 2.24) is 0 Å². The number of nitrogen functional groups attached to an aromatic ring is 1. The molecule has 1 atom stereocenters. The fourth-order valence-electron chi connectivity index (χ4n) is 1.07.